The molecule has 0 aliphatic rings. The van der Waals surface area contributed by atoms with Crippen LogP contribution >= 0.6 is 0 Å². The van der Waals surface area contributed by atoms with Gasteiger partial charge in [0.05, 0.1) is 6.42 Å². The zero-order valence-electron chi connectivity index (χ0n) is 7.14. The molecule has 70 valence electrons. The van der Waals surface area contributed by atoms with Crippen LogP contribution in [-0.4, -0.2) is 18.0 Å². The lowest BCUT2D eigenvalue weighted by Gasteiger charge is -2.02. The summed E-state index contributed by atoms with van der Waals surface area (Å²) in [5.74, 6) is -1.57. The molecule has 0 aliphatic carbocycles. The number of hydrogen-bond acceptors (Lipinski definition) is 2. The van der Waals surface area contributed by atoms with Crippen LogP contribution < -0.4 is 0 Å². The minimum atomic E-state index is -3.01. The van der Waals surface area contributed by atoms with E-state index in [9.17, 15) is 18.4 Å². The van der Waals surface area contributed by atoms with E-state index in [-0.39, 0.29) is 12.3 Å². The lowest BCUT2D eigenvalue weighted by Crippen LogP contribution is -2.16. The quantitative estimate of drug-likeness (QED) is 0.602. The molecule has 0 saturated carbocycles. The standard InChI is InChI=1S/C8H12F2O2/c1-5(2)3-6(11)4-7(12)8(9)10/h5,8H,3-4H2,1-2H3. The van der Waals surface area contributed by atoms with Crippen LogP contribution in [-0.2, 0) is 9.59 Å². The van der Waals surface area contributed by atoms with Gasteiger partial charge in [-0.15, -0.1) is 0 Å². The molecule has 2 nitrogen and oxygen atoms in total. The molecular formula is C8H12F2O2. The van der Waals surface area contributed by atoms with Gasteiger partial charge in [0.25, 0.3) is 6.43 Å². The molecule has 0 amide bonds. The Labute approximate surface area is 69.9 Å². The Balaban J connectivity index is 3.77. The lowest BCUT2D eigenvalue weighted by atomic mass is 10.0. The molecule has 0 aliphatic heterocycles. The molecular weight excluding hydrogens is 166 g/mol. The minimum absolute atomic E-state index is 0.114. The SMILES string of the molecule is CC(C)CC(=O)CC(=O)C(F)F. The Bertz CT molecular complexity index is 176. The average molecular weight is 178 g/mol. The third-order valence-corrected chi connectivity index (χ3v) is 1.25. The summed E-state index contributed by atoms with van der Waals surface area (Å²) in [6.07, 6.45) is -3.45. The van der Waals surface area contributed by atoms with E-state index in [0.717, 1.165) is 0 Å². The van der Waals surface area contributed by atoms with E-state index in [1.807, 2.05) is 0 Å². The van der Waals surface area contributed by atoms with Gasteiger partial charge in [0.1, 0.15) is 5.78 Å². The van der Waals surface area contributed by atoms with Crippen molar-refractivity contribution < 1.29 is 18.4 Å². The van der Waals surface area contributed by atoms with Crippen LogP contribution in [0.2, 0.25) is 0 Å². The zero-order chi connectivity index (χ0) is 9.72. The minimum Gasteiger partial charge on any atom is -0.299 e. The van der Waals surface area contributed by atoms with Gasteiger partial charge in [-0.25, -0.2) is 8.78 Å². The van der Waals surface area contributed by atoms with Crippen molar-refractivity contribution in [3.63, 3.8) is 0 Å². The van der Waals surface area contributed by atoms with Crippen LogP contribution in [0.1, 0.15) is 26.7 Å². The largest absolute Gasteiger partial charge is 0.299 e. The first kappa shape index (κ1) is 11.2. The van der Waals surface area contributed by atoms with Gasteiger partial charge in [-0.2, -0.15) is 0 Å². The predicted molar refractivity (Wildman–Crippen MR) is 40.1 cm³/mol. The van der Waals surface area contributed by atoms with Crippen LogP contribution in [0.15, 0.2) is 0 Å². The molecule has 0 aromatic rings. The second-order valence-electron chi connectivity index (χ2n) is 3.08. The van der Waals surface area contributed by atoms with Crippen LogP contribution in [0, 0.1) is 5.92 Å². The highest BCUT2D eigenvalue weighted by atomic mass is 19.3. The van der Waals surface area contributed by atoms with Crippen LogP contribution in [0.5, 0.6) is 0 Å². The van der Waals surface area contributed by atoms with Gasteiger partial charge in [-0.1, -0.05) is 13.8 Å². The molecule has 0 N–H and O–H groups in total. The van der Waals surface area contributed by atoms with Crippen molar-refractivity contribution in [2.24, 2.45) is 5.92 Å². The molecule has 0 saturated heterocycles. The van der Waals surface area contributed by atoms with Crippen molar-refractivity contribution in [3.05, 3.63) is 0 Å². The normalized spacial score (nSPS) is 10.8. The van der Waals surface area contributed by atoms with Crippen LogP contribution in [0.4, 0.5) is 8.78 Å². The van der Waals surface area contributed by atoms with E-state index in [1.54, 1.807) is 13.8 Å². The molecule has 0 aromatic heterocycles. The van der Waals surface area contributed by atoms with E-state index >= 15 is 0 Å². The number of carbonyl (C=O) groups excluding carboxylic acids is 2. The molecule has 0 unspecified atom stereocenters. The Morgan fingerprint density at radius 2 is 1.75 bits per heavy atom. The molecule has 12 heavy (non-hydrogen) atoms. The maximum Gasteiger partial charge on any atom is 0.296 e. The smallest absolute Gasteiger partial charge is 0.296 e. The van der Waals surface area contributed by atoms with Crippen molar-refractivity contribution in [1.82, 2.24) is 0 Å². The summed E-state index contributed by atoms with van der Waals surface area (Å²) < 4.78 is 23.2. The third kappa shape index (κ3) is 4.93. The fourth-order valence-corrected chi connectivity index (χ4v) is 0.799. The van der Waals surface area contributed by atoms with Gasteiger partial charge in [0.15, 0.2) is 0 Å². The molecule has 0 fully saturated rings. The Morgan fingerprint density at radius 1 is 1.25 bits per heavy atom. The Kier molecular flexibility index (Phi) is 4.62. The maximum atomic E-state index is 11.6. The molecule has 0 atom stereocenters. The highest BCUT2D eigenvalue weighted by molar-refractivity contribution is 6.00. The first-order chi connectivity index (χ1) is 5.43. The van der Waals surface area contributed by atoms with E-state index in [1.165, 1.54) is 0 Å². The Hall–Kier alpha value is -0.800. The van der Waals surface area contributed by atoms with E-state index < -0.39 is 24.4 Å². The van der Waals surface area contributed by atoms with Crippen molar-refractivity contribution >= 4 is 11.6 Å². The van der Waals surface area contributed by atoms with E-state index in [2.05, 4.69) is 0 Å². The fourth-order valence-electron chi connectivity index (χ4n) is 0.799. The fraction of sp³-hybridized carbons (Fsp3) is 0.750. The third-order valence-electron chi connectivity index (χ3n) is 1.25. The van der Waals surface area contributed by atoms with Gasteiger partial charge in [-0.3, -0.25) is 9.59 Å². The molecule has 0 rings (SSSR count). The number of alkyl halides is 2. The van der Waals surface area contributed by atoms with Gasteiger partial charge in [0, 0.05) is 6.42 Å². The summed E-state index contributed by atoms with van der Waals surface area (Å²) in [5, 5.41) is 0. The lowest BCUT2D eigenvalue weighted by molar-refractivity contribution is -0.134. The number of rotatable bonds is 5. The second kappa shape index (κ2) is 4.95. The molecule has 0 bridgehead atoms. The van der Waals surface area contributed by atoms with Gasteiger partial charge in [0.2, 0.25) is 5.78 Å². The highest BCUT2D eigenvalue weighted by Crippen LogP contribution is 2.05. The van der Waals surface area contributed by atoms with Crippen molar-refractivity contribution in [2.45, 2.75) is 33.1 Å². The molecule has 4 heteroatoms. The van der Waals surface area contributed by atoms with Gasteiger partial charge < -0.3 is 0 Å². The summed E-state index contributed by atoms with van der Waals surface area (Å²) >= 11 is 0. The molecule has 0 spiro atoms. The van der Waals surface area contributed by atoms with Crippen molar-refractivity contribution in [3.8, 4) is 0 Å². The van der Waals surface area contributed by atoms with E-state index in [4.69, 9.17) is 0 Å². The number of hydrogen-bond donors (Lipinski definition) is 0. The van der Waals surface area contributed by atoms with Crippen molar-refractivity contribution in [1.29, 1.82) is 0 Å². The molecule has 0 aromatic carbocycles. The highest BCUT2D eigenvalue weighted by Gasteiger charge is 2.19. The van der Waals surface area contributed by atoms with Crippen LogP contribution in [0.25, 0.3) is 0 Å². The first-order valence-electron chi connectivity index (χ1n) is 3.76. The first-order valence-corrected chi connectivity index (χ1v) is 3.76. The second-order valence-corrected chi connectivity index (χ2v) is 3.08. The summed E-state index contributed by atoms with van der Waals surface area (Å²) in [6, 6.07) is 0. The number of halogens is 2. The predicted octanol–water partition coefficient (Wildman–Crippen LogP) is 1.83. The van der Waals surface area contributed by atoms with Gasteiger partial charge >= 0.3 is 0 Å². The maximum absolute atomic E-state index is 11.6. The molecule has 0 heterocycles. The Morgan fingerprint density at radius 3 is 2.08 bits per heavy atom. The number of ketones is 2. The summed E-state index contributed by atoms with van der Waals surface area (Å²) in [4.78, 5) is 21.2. The summed E-state index contributed by atoms with van der Waals surface area (Å²) in [5.41, 5.74) is 0. The van der Waals surface area contributed by atoms with Crippen molar-refractivity contribution in [2.75, 3.05) is 0 Å². The molecule has 0 radical (unpaired) electrons. The topological polar surface area (TPSA) is 34.1 Å². The monoisotopic (exact) mass is 178 g/mol. The summed E-state index contributed by atoms with van der Waals surface area (Å²) in [6.45, 7) is 3.59. The van der Waals surface area contributed by atoms with Crippen LogP contribution in [0.3, 0.4) is 0 Å². The van der Waals surface area contributed by atoms with E-state index in [0.29, 0.717) is 0 Å². The number of Topliss-reactive ketones (excluding diaryl/α,β-unsaturated/α-hetero) is 2. The van der Waals surface area contributed by atoms with Gasteiger partial charge in [-0.05, 0) is 5.92 Å². The summed E-state index contributed by atoms with van der Waals surface area (Å²) in [7, 11) is 0. The zero-order valence-corrected chi connectivity index (χ0v) is 7.14. The average Bonchev–Trinajstić information content (AvgIpc) is 1.84. The number of carbonyl (C=O) groups is 2.